The fourth-order valence-corrected chi connectivity index (χ4v) is 3.25. The van der Waals surface area contributed by atoms with Crippen molar-refractivity contribution in [2.75, 3.05) is 13.1 Å². The van der Waals surface area contributed by atoms with Gasteiger partial charge in [-0.25, -0.2) is 9.67 Å². The van der Waals surface area contributed by atoms with Crippen LogP contribution in [0.4, 0.5) is 0 Å². The summed E-state index contributed by atoms with van der Waals surface area (Å²) in [6.07, 6.45) is 2.10. The van der Waals surface area contributed by atoms with Gasteiger partial charge in [0.15, 0.2) is 0 Å². The van der Waals surface area contributed by atoms with Crippen LogP contribution in [0.5, 0.6) is 0 Å². The molecule has 30 heavy (non-hydrogen) atoms. The van der Waals surface area contributed by atoms with Crippen LogP contribution in [0.15, 0.2) is 48.5 Å². The van der Waals surface area contributed by atoms with Gasteiger partial charge in [-0.05, 0) is 43.2 Å². The predicted octanol–water partition coefficient (Wildman–Crippen LogP) is 3.61. The first-order valence-corrected chi connectivity index (χ1v) is 10.3. The number of carbonyl (C=O) groups is 2. The Bertz CT molecular complexity index is 1080. The summed E-state index contributed by atoms with van der Waals surface area (Å²) in [6.45, 7) is 0.490. The number of hydrogen-bond acceptors (Lipinski definition) is 4. The molecule has 0 spiro atoms. The second kappa shape index (κ2) is 8.85. The Labute approximate surface area is 183 Å². The van der Waals surface area contributed by atoms with Crippen LogP contribution in [-0.2, 0) is 0 Å². The summed E-state index contributed by atoms with van der Waals surface area (Å²) in [6, 6.07) is 14.3. The first-order chi connectivity index (χ1) is 14.5. The molecule has 0 saturated heterocycles. The van der Waals surface area contributed by atoms with Crippen molar-refractivity contribution in [3.63, 3.8) is 0 Å². The topological polar surface area (TPSA) is 88.9 Å². The SMILES string of the molecule is O=C(NCCNC(=O)c1nc(C2CC2)n(-c2ccccc2)n1)c1ccc(Cl)c(Cl)c1. The average molecular weight is 444 g/mol. The summed E-state index contributed by atoms with van der Waals surface area (Å²) in [5, 5.41) is 10.6. The number of halogens is 2. The number of aromatic nitrogens is 3. The molecule has 1 fully saturated rings. The van der Waals surface area contributed by atoms with Crippen molar-refractivity contribution in [2.24, 2.45) is 0 Å². The van der Waals surface area contributed by atoms with Crippen molar-refractivity contribution in [2.45, 2.75) is 18.8 Å². The second-order valence-corrected chi connectivity index (χ2v) is 7.77. The van der Waals surface area contributed by atoms with Crippen LogP contribution in [0.2, 0.25) is 10.0 Å². The third-order valence-electron chi connectivity index (χ3n) is 4.66. The van der Waals surface area contributed by atoms with Gasteiger partial charge in [-0.15, -0.1) is 5.10 Å². The Balaban J connectivity index is 1.34. The summed E-state index contributed by atoms with van der Waals surface area (Å²) in [4.78, 5) is 29.1. The van der Waals surface area contributed by atoms with Crippen LogP contribution in [0, 0.1) is 0 Å². The van der Waals surface area contributed by atoms with Crippen LogP contribution in [-0.4, -0.2) is 39.7 Å². The summed E-state index contributed by atoms with van der Waals surface area (Å²) in [5.74, 6) is 0.584. The molecule has 154 valence electrons. The molecule has 4 rings (SSSR count). The number of rotatable bonds is 7. The molecule has 0 aliphatic heterocycles. The third kappa shape index (κ3) is 4.63. The lowest BCUT2D eigenvalue weighted by Gasteiger charge is -2.07. The highest BCUT2D eigenvalue weighted by atomic mass is 35.5. The van der Waals surface area contributed by atoms with Gasteiger partial charge in [0.2, 0.25) is 5.82 Å². The normalized spacial score (nSPS) is 13.1. The highest BCUT2D eigenvalue weighted by Gasteiger charge is 2.31. The van der Waals surface area contributed by atoms with Crippen LogP contribution < -0.4 is 10.6 Å². The number of hydrogen-bond donors (Lipinski definition) is 2. The molecule has 2 N–H and O–H groups in total. The fourth-order valence-electron chi connectivity index (χ4n) is 2.96. The summed E-state index contributed by atoms with van der Waals surface area (Å²) in [7, 11) is 0. The number of para-hydroxylation sites is 1. The van der Waals surface area contributed by atoms with Crippen LogP contribution in [0.25, 0.3) is 5.69 Å². The van der Waals surface area contributed by atoms with Crippen molar-refractivity contribution in [3.8, 4) is 5.69 Å². The third-order valence-corrected chi connectivity index (χ3v) is 5.40. The van der Waals surface area contributed by atoms with Gasteiger partial charge in [0, 0.05) is 24.6 Å². The van der Waals surface area contributed by atoms with Gasteiger partial charge in [-0.2, -0.15) is 0 Å². The van der Waals surface area contributed by atoms with E-state index in [9.17, 15) is 9.59 Å². The van der Waals surface area contributed by atoms with Crippen molar-refractivity contribution in [1.29, 1.82) is 0 Å². The molecular weight excluding hydrogens is 425 g/mol. The molecule has 1 heterocycles. The van der Waals surface area contributed by atoms with E-state index in [4.69, 9.17) is 23.2 Å². The molecular formula is C21H19Cl2N5O2. The summed E-state index contributed by atoms with van der Waals surface area (Å²) < 4.78 is 1.73. The van der Waals surface area contributed by atoms with E-state index in [1.807, 2.05) is 30.3 Å². The summed E-state index contributed by atoms with van der Waals surface area (Å²) >= 11 is 11.8. The Morgan fingerprint density at radius 1 is 0.967 bits per heavy atom. The molecule has 0 unspecified atom stereocenters. The highest BCUT2D eigenvalue weighted by Crippen LogP contribution is 2.39. The van der Waals surface area contributed by atoms with E-state index < -0.39 is 0 Å². The molecule has 1 aromatic heterocycles. The minimum absolute atomic E-state index is 0.122. The molecule has 2 aromatic carbocycles. The maximum absolute atomic E-state index is 12.5. The lowest BCUT2D eigenvalue weighted by Crippen LogP contribution is -2.35. The Hall–Kier alpha value is -2.90. The van der Waals surface area contributed by atoms with Gasteiger partial charge in [0.1, 0.15) is 5.82 Å². The van der Waals surface area contributed by atoms with E-state index in [-0.39, 0.29) is 30.7 Å². The molecule has 2 amide bonds. The number of carbonyl (C=O) groups excluding carboxylic acids is 2. The molecule has 0 bridgehead atoms. The zero-order chi connectivity index (χ0) is 21.1. The molecule has 3 aromatic rings. The van der Waals surface area contributed by atoms with Crippen molar-refractivity contribution >= 4 is 35.0 Å². The maximum atomic E-state index is 12.5. The molecule has 1 aliphatic rings. The molecule has 1 aliphatic carbocycles. The quantitative estimate of drug-likeness (QED) is 0.545. The maximum Gasteiger partial charge on any atom is 0.291 e. The minimum atomic E-state index is -0.379. The molecule has 0 radical (unpaired) electrons. The molecule has 7 nitrogen and oxygen atoms in total. The van der Waals surface area contributed by atoms with E-state index in [1.165, 1.54) is 6.07 Å². The van der Waals surface area contributed by atoms with Gasteiger partial charge >= 0.3 is 0 Å². The Kier molecular flexibility index (Phi) is 6.01. The van der Waals surface area contributed by atoms with Gasteiger partial charge in [-0.1, -0.05) is 41.4 Å². The zero-order valence-corrected chi connectivity index (χ0v) is 17.5. The van der Waals surface area contributed by atoms with E-state index in [0.717, 1.165) is 24.4 Å². The highest BCUT2D eigenvalue weighted by molar-refractivity contribution is 6.42. The summed E-state index contributed by atoms with van der Waals surface area (Å²) in [5.41, 5.74) is 1.27. The fraction of sp³-hybridized carbons (Fsp3) is 0.238. The van der Waals surface area contributed by atoms with Gasteiger partial charge in [-0.3, -0.25) is 9.59 Å². The average Bonchev–Trinajstić information content (AvgIpc) is 3.51. The zero-order valence-electron chi connectivity index (χ0n) is 15.9. The smallest absolute Gasteiger partial charge is 0.291 e. The predicted molar refractivity (Wildman–Crippen MR) is 114 cm³/mol. The van der Waals surface area contributed by atoms with Crippen molar-refractivity contribution in [1.82, 2.24) is 25.4 Å². The first kappa shape index (κ1) is 20.4. The van der Waals surface area contributed by atoms with Crippen LogP contribution >= 0.6 is 23.2 Å². The number of benzene rings is 2. The van der Waals surface area contributed by atoms with Gasteiger partial charge in [0.25, 0.3) is 11.8 Å². The second-order valence-electron chi connectivity index (χ2n) is 6.96. The molecule has 1 saturated carbocycles. The number of nitrogens with one attached hydrogen (secondary N) is 2. The first-order valence-electron chi connectivity index (χ1n) is 9.57. The largest absolute Gasteiger partial charge is 0.350 e. The lowest BCUT2D eigenvalue weighted by atomic mass is 10.2. The van der Waals surface area contributed by atoms with Crippen molar-refractivity contribution in [3.05, 3.63) is 75.8 Å². The lowest BCUT2D eigenvalue weighted by molar-refractivity contribution is 0.0922. The number of nitrogens with zero attached hydrogens (tertiary/aromatic N) is 3. The van der Waals surface area contributed by atoms with Gasteiger partial charge < -0.3 is 10.6 Å². The Morgan fingerprint density at radius 2 is 1.67 bits per heavy atom. The van der Waals surface area contributed by atoms with Crippen LogP contribution in [0.1, 0.15) is 45.6 Å². The Morgan fingerprint density at radius 3 is 2.33 bits per heavy atom. The monoisotopic (exact) mass is 443 g/mol. The van der Waals surface area contributed by atoms with E-state index >= 15 is 0 Å². The minimum Gasteiger partial charge on any atom is -0.350 e. The van der Waals surface area contributed by atoms with Crippen molar-refractivity contribution < 1.29 is 9.59 Å². The standard InChI is InChI=1S/C21H19Cl2N5O2/c22-16-9-8-14(12-17(16)23)20(29)24-10-11-25-21(30)18-26-19(13-6-7-13)28(27-18)15-4-2-1-3-5-15/h1-5,8-9,12-13H,6-7,10-11H2,(H,24,29)(H,25,30). The van der Waals surface area contributed by atoms with E-state index in [1.54, 1.807) is 16.8 Å². The molecule has 0 atom stereocenters. The van der Waals surface area contributed by atoms with Gasteiger partial charge in [0.05, 0.1) is 15.7 Å². The molecule has 9 heteroatoms. The van der Waals surface area contributed by atoms with E-state index in [2.05, 4.69) is 20.7 Å². The number of amides is 2. The van der Waals surface area contributed by atoms with E-state index in [0.29, 0.717) is 21.5 Å². The van der Waals surface area contributed by atoms with Crippen LogP contribution in [0.3, 0.4) is 0 Å².